The van der Waals surface area contributed by atoms with E-state index in [1.165, 1.54) is 21.9 Å². The fourth-order valence-corrected chi connectivity index (χ4v) is 5.15. The quantitative estimate of drug-likeness (QED) is 0.422. The molecule has 0 aliphatic carbocycles. The summed E-state index contributed by atoms with van der Waals surface area (Å²) in [6, 6.07) is 16.1. The van der Waals surface area contributed by atoms with Crippen LogP contribution < -0.4 is 10.3 Å². The predicted octanol–water partition coefficient (Wildman–Crippen LogP) is 3.44. The second-order valence-corrected chi connectivity index (χ2v) is 9.36. The van der Waals surface area contributed by atoms with Crippen LogP contribution in [0.15, 0.2) is 59.4 Å². The van der Waals surface area contributed by atoms with Crippen molar-refractivity contribution in [1.82, 2.24) is 24.4 Å². The molecule has 0 unspecified atom stereocenters. The van der Waals surface area contributed by atoms with Gasteiger partial charge in [-0.1, -0.05) is 41.1 Å². The zero-order valence-electron chi connectivity index (χ0n) is 18.5. The lowest BCUT2D eigenvalue weighted by Crippen LogP contribution is -2.48. The molecule has 3 heterocycles. The van der Waals surface area contributed by atoms with Crippen molar-refractivity contribution < 1.29 is 9.53 Å². The molecular weight excluding hydrogens is 474 g/mol. The molecule has 174 valence electrons. The van der Waals surface area contributed by atoms with Gasteiger partial charge in [0.2, 0.25) is 4.96 Å². The number of carbonyl (C=O) groups excluding carboxylic acids is 1. The van der Waals surface area contributed by atoms with Crippen molar-refractivity contribution in [2.75, 3.05) is 33.3 Å². The van der Waals surface area contributed by atoms with E-state index in [0.717, 1.165) is 5.56 Å². The summed E-state index contributed by atoms with van der Waals surface area (Å²) in [5, 5.41) is 5.68. The van der Waals surface area contributed by atoms with Gasteiger partial charge in [0, 0.05) is 49.4 Å². The highest BCUT2D eigenvalue weighted by Gasteiger charge is 2.23. The number of piperazine rings is 1. The van der Waals surface area contributed by atoms with Gasteiger partial charge in [-0.3, -0.25) is 14.5 Å². The van der Waals surface area contributed by atoms with Gasteiger partial charge in [-0.05, 0) is 30.3 Å². The Morgan fingerprint density at radius 2 is 1.88 bits per heavy atom. The maximum absolute atomic E-state index is 12.8. The average molecular weight is 496 g/mol. The third-order valence-corrected chi connectivity index (χ3v) is 6.93. The van der Waals surface area contributed by atoms with E-state index in [2.05, 4.69) is 15.0 Å². The number of aromatic nitrogens is 3. The molecule has 8 nitrogen and oxygen atoms in total. The minimum absolute atomic E-state index is 0.0199. The van der Waals surface area contributed by atoms with Crippen molar-refractivity contribution in [3.63, 3.8) is 0 Å². The van der Waals surface area contributed by atoms with Gasteiger partial charge in [0.15, 0.2) is 5.01 Å². The second kappa shape index (κ2) is 9.54. The number of fused-ring (bicyclic) bond motifs is 1. The first-order valence-corrected chi connectivity index (χ1v) is 12.0. The molecule has 1 amide bonds. The van der Waals surface area contributed by atoms with Crippen LogP contribution in [0.5, 0.6) is 5.75 Å². The number of hydrogen-bond acceptors (Lipinski definition) is 7. The van der Waals surface area contributed by atoms with E-state index in [0.29, 0.717) is 64.7 Å². The van der Waals surface area contributed by atoms with Crippen LogP contribution in [0.2, 0.25) is 5.02 Å². The van der Waals surface area contributed by atoms with Crippen LogP contribution >= 0.6 is 22.9 Å². The summed E-state index contributed by atoms with van der Waals surface area (Å²) < 4.78 is 6.76. The van der Waals surface area contributed by atoms with E-state index in [4.69, 9.17) is 16.3 Å². The fraction of sp³-hybridized carbons (Fsp3) is 0.250. The molecule has 5 rings (SSSR count). The van der Waals surface area contributed by atoms with E-state index >= 15 is 0 Å². The van der Waals surface area contributed by atoms with Crippen molar-refractivity contribution >= 4 is 33.8 Å². The lowest BCUT2D eigenvalue weighted by atomic mass is 10.2. The maximum Gasteiger partial charge on any atom is 0.275 e. The standard InChI is InChI=1S/C24H22ClN5O3S/c1-33-20-8-3-2-7-19(20)22-27-30-21(31)14-18(26-24(30)34-22)15-28-9-11-29(12-10-28)23(32)16-5-4-6-17(25)13-16/h2-8,13-14H,9-12,15H2,1H3. The van der Waals surface area contributed by atoms with Gasteiger partial charge >= 0.3 is 0 Å². The van der Waals surface area contributed by atoms with E-state index in [-0.39, 0.29) is 11.5 Å². The van der Waals surface area contributed by atoms with E-state index in [1.54, 1.807) is 31.4 Å². The predicted molar refractivity (Wildman–Crippen MR) is 132 cm³/mol. The molecule has 0 saturated carbocycles. The minimum atomic E-state index is -0.216. The largest absolute Gasteiger partial charge is 0.496 e. The first-order chi connectivity index (χ1) is 16.5. The number of methoxy groups -OCH3 is 1. The molecule has 1 fully saturated rings. The Labute approximate surface area is 205 Å². The molecule has 0 bridgehead atoms. The molecule has 10 heteroatoms. The van der Waals surface area contributed by atoms with Crippen LogP contribution in [0.25, 0.3) is 15.5 Å². The third-order valence-electron chi connectivity index (χ3n) is 5.75. The lowest BCUT2D eigenvalue weighted by molar-refractivity contribution is 0.0627. The highest BCUT2D eigenvalue weighted by atomic mass is 35.5. The van der Waals surface area contributed by atoms with Gasteiger partial charge < -0.3 is 9.64 Å². The van der Waals surface area contributed by atoms with Gasteiger partial charge in [-0.2, -0.15) is 9.61 Å². The summed E-state index contributed by atoms with van der Waals surface area (Å²) in [4.78, 5) is 34.7. The second-order valence-electron chi connectivity index (χ2n) is 7.97. The monoisotopic (exact) mass is 495 g/mol. The Bertz CT molecular complexity index is 1410. The van der Waals surface area contributed by atoms with Crippen molar-refractivity contribution in [1.29, 1.82) is 0 Å². The van der Waals surface area contributed by atoms with Crippen LogP contribution in [-0.2, 0) is 6.54 Å². The highest BCUT2D eigenvalue weighted by Crippen LogP contribution is 2.32. The van der Waals surface area contributed by atoms with Crippen LogP contribution in [-0.4, -0.2) is 63.6 Å². The summed E-state index contributed by atoms with van der Waals surface area (Å²) in [6.07, 6.45) is 0. The number of benzene rings is 2. The third kappa shape index (κ3) is 4.54. The Hall–Kier alpha value is -3.27. The average Bonchev–Trinajstić information content (AvgIpc) is 3.29. The number of halogens is 1. The molecule has 1 aliphatic rings. The first-order valence-electron chi connectivity index (χ1n) is 10.8. The van der Waals surface area contributed by atoms with Crippen molar-refractivity contribution in [2.24, 2.45) is 0 Å². The number of para-hydroxylation sites is 1. The summed E-state index contributed by atoms with van der Waals surface area (Å²) >= 11 is 7.38. The number of nitrogens with zero attached hydrogens (tertiary/aromatic N) is 5. The Morgan fingerprint density at radius 3 is 2.65 bits per heavy atom. The van der Waals surface area contributed by atoms with Crippen molar-refractivity contribution in [3.8, 4) is 16.3 Å². The Kier molecular flexibility index (Phi) is 6.32. The smallest absolute Gasteiger partial charge is 0.275 e. The fourth-order valence-electron chi connectivity index (χ4n) is 4.01. The highest BCUT2D eigenvalue weighted by molar-refractivity contribution is 7.19. The molecular formula is C24H22ClN5O3S. The SMILES string of the molecule is COc1ccccc1-c1nn2c(=O)cc(CN3CCN(C(=O)c4cccc(Cl)c4)CC3)nc2s1. The Balaban J connectivity index is 1.29. The van der Waals surface area contributed by atoms with E-state index < -0.39 is 0 Å². The summed E-state index contributed by atoms with van der Waals surface area (Å²) in [7, 11) is 1.61. The first kappa shape index (κ1) is 22.5. The van der Waals surface area contributed by atoms with Crippen LogP contribution in [0.3, 0.4) is 0 Å². The molecule has 0 spiro atoms. The normalized spacial score (nSPS) is 14.5. The summed E-state index contributed by atoms with van der Waals surface area (Å²) in [5.41, 5.74) is 1.89. The number of rotatable bonds is 5. The summed E-state index contributed by atoms with van der Waals surface area (Å²) in [6.45, 7) is 3.13. The molecule has 34 heavy (non-hydrogen) atoms. The van der Waals surface area contributed by atoms with Gasteiger partial charge in [0.1, 0.15) is 5.75 Å². The molecule has 1 saturated heterocycles. The summed E-state index contributed by atoms with van der Waals surface area (Å²) in [5.74, 6) is 0.675. The molecule has 4 aromatic rings. The van der Waals surface area contributed by atoms with Crippen LogP contribution in [0.4, 0.5) is 0 Å². The zero-order valence-corrected chi connectivity index (χ0v) is 20.1. The number of carbonyl (C=O) groups is 1. The lowest BCUT2D eigenvalue weighted by Gasteiger charge is -2.34. The number of amides is 1. The number of hydrogen-bond donors (Lipinski definition) is 0. The Morgan fingerprint density at radius 1 is 1.09 bits per heavy atom. The zero-order chi connectivity index (χ0) is 23.7. The molecule has 1 aliphatic heterocycles. The van der Waals surface area contributed by atoms with Crippen molar-refractivity contribution in [2.45, 2.75) is 6.54 Å². The van der Waals surface area contributed by atoms with Gasteiger partial charge in [-0.15, -0.1) is 0 Å². The molecule has 0 atom stereocenters. The molecule has 2 aromatic carbocycles. The maximum atomic E-state index is 12.8. The molecule has 0 N–H and O–H groups in total. The van der Waals surface area contributed by atoms with Gasteiger partial charge in [0.05, 0.1) is 18.4 Å². The molecule has 2 aromatic heterocycles. The topological polar surface area (TPSA) is 80.0 Å². The van der Waals surface area contributed by atoms with Crippen LogP contribution in [0.1, 0.15) is 16.1 Å². The van der Waals surface area contributed by atoms with Crippen molar-refractivity contribution in [3.05, 3.63) is 81.2 Å². The minimum Gasteiger partial charge on any atom is -0.496 e. The van der Waals surface area contributed by atoms with E-state index in [1.807, 2.05) is 29.2 Å². The van der Waals surface area contributed by atoms with Crippen LogP contribution in [0, 0.1) is 0 Å². The van der Waals surface area contributed by atoms with Gasteiger partial charge in [-0.25, -0.2) is 4.98 Å². The van der Waals surface area contributed by atoms with E-state index in [9.17, 15) is 9.59 Å². The number of ether oxygens (including phenoxy) is 1. The molecule has 0 radical (unpaired) electrons. The van der Waals surface area contributed by atoms with Gasteiger partial charge in [0.25, 0.3) is 11.5 Å².